The largest absolute Gasteiger partial charge is 0.374 e. The number of nitro benzene ring substituents is 1. The van der Waals surface area contributed by atoms with E-state index in [4.69, 9.17) is 4.74 Å². The summed E-state index contributed by atoms with van der Waals surface area (Å²) in [6, 6.07) is 11.8. The lowest BCUT2D eigenvalue weighted by Gasteiger charge is -2.11. The number of imidazole rings is 1. The summed E-state index contributed by atoms with van der Waals surface area (Å²) in [6.45, 7) is 4.37. The van der Waals surface area contributed by atoms with Gasteiger partial charge in [0.15, 0.2) is 5.82 Å². The molecular weight excluding hydrogens is 372 g/mol. The van der Waals surface area contributed by atoms with Gasteiger partial charge in [-0.3, -0.25) is 14.9 Å². The summed E-state index contributed by atoms with van der Waals surface area (Å²) in [5.74, 6) is -0.155. The van der Waals surface area contributed by atoms with Gasteiger partial charge in [0, 0.05) is 36.8 Å². The molecule has 1 N–H and O–H groups in total. The Morgan fingerprint density at radius 1 is 1.28 bits per heavy atom. The van der Waals surface area contributed by atoms with Crippen LogP contribution in [0.3, 0.4) is 0 Å². The zero-order valence-electron chi connectivity index (χ0n) is 16.5. The van der Waals surface area contributed by atoms with Crippen molar-refractivity contribution < 1.29 is 14.5 Å². The van der Waals surface area contributed by atoms with E-state index in [1.54, 1.807) is 23.9 Å². The fourth-order valence-corrected chi connectivity index (χ4v) is 2.80. The molecule has 0 aliphatic rings. The molecule has 1 heterocycles. The van der Waals surface area contributed by atoms with Crippen molar-refractivity contribution in [3.05, 3.63) is 81.9 Å². The lowest BCUT2D eigenvalue weighted by Crippen LogP contribution is -2.09. The van der Waals surface area contributed by atoms with Crippen LogP contribution in [0.2, 0.25) is 0 Å². The maximum Gasteiger partial charge on any atom is 0.293 e. The van der Waals surface area contributed by atoms with Crippen molar-refractivity contribution in [2.45, 2.75) is 26.6 Å². The normalized spacial score (nSPS) is 10.9. The summed E-state index contributed by atoms with van der Waals surface area (Å²) in [5, 5.41) is 14.7. The number of anilines is 2. The predicted octanol–water partition coefficient (Wildman–Crippen LogP) is 4.23. The van der Waals surface area contributed by atoms with Crippen LogP contribution in [0, 0.1) is 10.1 Å². The van der Waals surface area contributed by atoms with Gasteiger partial charge in [-0.2, -0.15) is 0 Å². The highest BCUT2D eigenvalue weighted by molar-refractivity contribution is 6.07. The van der Waals surface area contributed by atoms with E-state index in [0.717, 1.165) is 5.56 Å². The van der Waals surface area contributed by atoms with E-state index in [1.165, 1.54) is 18.3 Å². The monoisotopic (exact) mass is 394 g/mol. The standard InChI is InChI=1S/C21H22N4O4/c1-14(2)29-13-15-5-4-6-17(11-15)23-18-8-7-16(12-19(18)25(27)28)20(26)21-22-9-10-24(21)3/h4-12,14,23H,13H2,1-3H3. The number of aryl methyl sites for hydroxylation is 1. The van der Waals surface area contributed by atoms with Crippen molar-refractivity contribution >= 4 is 22.8 Å². The Kier molecular flexibility index (Phi) is 6.04. The molecule has 150 valence electrons. The van der Waals surface area contributed by atoms with E-state index in [9.17, 15) is 14.9 Å². The summed E-state index contributed by atoms with van der Waals surface area (Å²) in [5.41, 5.74) is 1.96. The highest BCUT2D eigenvalue weighted by Gasteiger charge is 2.20. The first-order valence-electron chi connectivity index (χ1n) is 9.13. The Hall–Kier alpha value is -3.52. The first kappa shape index (κ1) is 20.2. The van der Waals surface area contributed by atoms with Gasteiger partial charge < -0.3 is 14.6 Å². The molecule has 29 heavy (non-hydrogen) atoms. The van der Waals surface area contributed by atoms with Gasteiger partial charge in [0.1, 0.15) is 5.69 Å². The quantitative estimate of drug-likeness (QED) is 0.349. The summed E-state index contributed by atoms with van der Waals surface area (Å²) in [7, 11) is 1.70. The van der Waals surface area contributed by atoms with Gasteiger partial charge in [-0.05, 0) is 43.7 Å². The van der Waals surface area contributed by atoms with Gasteiger partial charge in [0.2, 0.25) is 5.78 Å². The van der Waals surface area contributed by atoms with Crippen molar-refractivity contribution in [2.75, 3.05) is 5.32 Å². The summed E-state index contributed by atoms with van der Waals surface area (Å²) >= 11 is 0. The molecule has 0 aliphatic heterocycles. The third kappa shape index (κ3) is 4.85. The van der Waals surface area contributed by atoms with Crippen molar-refractivity contribution in [2.24, 2.45) is 7.05 Å². The van der Waals surface area contributed by atoms with Crippen LogP contribution < -0.4 is 5.32 Å². The van der Waals surface area contributed by atoms with Gasteiger partial charge in [0.05, 0.1) is 17.6 Å². The Morgan fingerprint density at radius 2 is 2.07 bits per heavy atom. The molecule has 8 heteroatoms. The van der Waals surface area contributed by atoms with Crippen molar-refractivity contribution in [1.82, 2.24) is 9.55 Å². The predicted molar refractivity (Wildman–Crippen MR) is 109 cm³/mol. The number of nitrogens with one attached hydrogen (secondary N) is 1. The second-order valence-corrected chi connectivity index (χ2v) is 6.87. The van der Waals surface area contributed by atoms with E-state index in [1.807, 2.05) is 38.1 Å². The Bertz CT molecular complexity index is 1040. The molecule has 1 aromatic heterocycles. The van der Waals surface area contributed by atoms with Gasteiger partial charge in [-0.25, -0.2) is 4.98 Å². The molecule has 0 unspecified atom stereocenters. The van der Waals surface area contributed by atoms with E-state index in [0.29, 0.717) is 18.0 Å². The average Bonchev–Trinajstić information content (AvgIpc) is 3.12. The number of nitro groups is 1. The van der Waals surface area contributed by atoms with Crippen LogP contribution in [0.1, 0.15) is 35.6 Å². The van der Waals surface area contributed by atoms with Gasteiger partial charge in [-0.15, -0.1) is 0 Å². The first-order chi connectivity index (χ1) is 13.8. The van der Waals surface area contributed by atoms with Crippen LogP contribution in [0.4, 0.5) is 17.1 Å². The molecule has 0 fully saturated rings. The molecule has 0 aliphatic carbocycles. The number of ketones is 1. The van der Waals surface area contributed by atoms with Gasteiger partial charge in [-0.1, -0.05) is 12.1 Å². The highest BCUT2D eigenvalue weighted by Crippen LogP contribution is 2.30. The maximum atomic E-state index is 12.6. The molecule has 0 radical (unpaired) electrons. The van der Waals surface area contributed by atoms with Crippen molar-refractivity contribution in [3.8, 4) is 0 Å². The Labute approximate surface area is 168 Å². The third-order valence-corrected chi connectivity index (χ3v) is 4.27. The number of nitrogens with zero attached hydrogens (tertiary/aromatic N) is 3. The molecule has 0 bridgehead atoms. The van der Waals surface area contributed by atoms with Crippen LogP contribution in [-0.4, -0.2) is 26.4 Å². The molecule has 3 rings (SSSR count). The molecule has 0 amide bonds. The molecular formula is C21H22N4O4. The third-order valence-electron chi connectivity index (χ3n) is 4.27. The minimum absolute atomic E-state index is 0.108. The van der Waals surface area contributed by atoms with Crippen LogP contribution in [0.5, 0.6) is 0 Å². The number of benzene rings is 2. The number of carbonyl (C=O) groups is 1. The minimum Gasteiger partial charge on any atom is -0.374 e. The highest BCUT2D eigenvalue weighted by atomic mass is 16.6. The average molecular weight is 394 g/mol. The SMILES string of the molecule is CC(C)OCc1cccc(Nc2ccc(C(=O)c3nccn3C)cc2[N+](=O)[O-])c1. The van der Waals surface area contributed by atoms with Crippen LogP contribution in [-0.2, 0) is 18.4 Å². The lowest BCUT2D eigenvalue weighted by molar-refractivity contribution is -0.383. The van der Waals surface area contributed by atoms with Gasteiger partial charge >= 0.3 is 0 Å². The van der Waals surface area contributed by atoms with Crippen LogP contribution in [0.25, 0.3) is 0 Å². The topological polar surface area (TPSA) is 99.3 Å². The molecule has 0 spiro atoms. The Balaban J connectivity index is 1.87. The van der Waals surface area contributed by atoms with Crippen molar-refractivity contribution in [3.63, 3.8) is 0 Å². The summed E-state index contributed by atoms with van der Waals surface area (Å²) in [4.78, 5) is 27.7. The molecule has 8 nitrogen and oxygen atoms in total. The molecule has 3 aromatic rings. The molecule has 2 aromatic carbocycles. The first-order valence-corrected chi connectivity index (χ1v) is 9.13. The number of hydrogen-bond acceptors (Lipinski definition) is 6. The van der Waals surface area contributed by atoms with E-state index in [2.05, 4.69) is 10.3 Å². The molecule has 0 saturated heterocycles. The summed E-state index contributed by atoms with van der Waals surface area (Å²) < 4.78 is 7.18. The smallest absolute Gasteiger partial charge is 0.293 e. The zero-order valence-corrected chi connectivity index (χ0v) is 16.5. The maximum absolute atomic E-state index is 12.6. The van der Waals surface area contributed by atoms with Crippen molar-refractivity contribution in [1.29, 1.82) is 0 Å². The number of carbonyl (C=O) groups excluding carboxylic acids is 1. The molecule has 0 atom stereocenters. The van der Waals surface area contributed by atoms with Crippen LogP contribution in [0.15, 0.2) is 54.9 Å². The number of hydrogen-bond donors (Lipinski definition) is 1. The Morgan fingerprint density at radius 3 is 2.72 bits per heavy atom. The minimum atomic E-state index is -0.511. The number of aromatic nitrogens is 2. The second-order valence-electron chi connectivity index (χ2n) is 6.87. The van der Waals surface area contributed by atoms with Crippen LogP contribution >= 0.6 is 0 Å². The summed E-state index contributed by atoms with van der Waals surface area (Å²) in [6.07, 6.45) is 3.26. The van der Waals surface area contributed by atoms with E-state index >= 15 is 0 Å². The lowest BCUT2D eigenvalue weighted by atomic mass is 10.1. The molecule has 0 saturated carbocycles. The fraction of sp³-hybridized carbons (Fsp3) is 0.238. The van der Waals surface area contributed by atoms with Gasteiger partial charge in [0.25, 0.3) is 5.69 Å². The second kappa shape index (κ2) is 8.66. The number of rotatable bonds is 8. The fourth-order valence-electron chi connectivity index (χ4n) is 2.80. The zero-order chi connectivity index (χ0) is 21.0. The number of ether oxygens (including phenoxy) is 1. The van der Waals surface area contributed by atoms with E-state index < -0.39 is 4.92 Å². The van der Waals surface area contributed by atoms with E-state index in [-0.39, 0.29) is 29.0 Å².